The van der Waals surface area contributed by atoms with Crippen molar-refractivity contribution in [3.8, 4) is 0 Å². The number of allylic oxidation sites excluding steroid dienone is 4. The largest absolute Gasteiger partial charge is 0.294 e. The summed E-state index contributed by atoms with van der Waals surface area (Å²) < 4.78 is 0. The minimum atomic E-state index is 0.224. The molecule has 0 heterocycles. The van der Waals surface area contributed by atoms with Gasteiger partial charge in [-0.3, -0.25) is 4.79 Å². The molecule has 34 heavy (non-hydrogen) atoms. The van der Waals surface area contributed by atoms with E-state index in [2.05, 4.69) is 84.9 Å². The van der Waals surface area contributed by atoms with E-state index in [0.717, 1.165) is 24.8 Å². The number of rotatable bonds is 8. The van der Waals surface area contributed by atoms with E-state index in [0.29, 0.717) is 6.42 Å². The smallest absolute Gasteiger partial charge is 0.162 e. The molecule has 0 fully saturated rings. The fourth-order valence-corrected chi connectivity index (χ4v) is 5.27. The molecule has 1 aliphatic carbocycles. The normalized spacial score (nSPS) is 16.4. The Morgan fingerprint density at radius 2 is 1.50 bits per heavy atom. The van der Waals surface area contributed by atoms with Crippen LogP contribution in [0.5, 0.6) is 0 Å². The lowest BCUT2D eigenvalue weighted by atomic mass is 9.62. The van der Waals surface area contributed by atoms with Crippen LogP contribution in [-0.4, -0.2) is 5.78 Å². The summed E-state index contributed by atoms with van der Waals surface area (Å²) in [7, 11) is 0. The zero-order chi connectivity index (χ0) is 25.1. The van der Waals surface area contributed by atoms with Crippen molar-refractivity contribution in [1.82, 2.24) is 0 Å². The maximum Gasteiger partial charge on any atom is 0.162 e. The average molecular weight is 457 g/mol. The molecular formula is C33H44O. The van der Waals surface area contributed by atoms with Gasteiger partial charge in [0.15, 0.2) is 5.78 Å². The van der Waals surface area contributed by atoms with E-state index in [1.807, 2.05) is 19.1 Å². The second kappa shape index (κ2) is 10.5. The van der Waals surface area contributed by atoms with Crippen molar-refractivity contribution in [2.24, 2.45) is 0 Å². The zero-order valence-corrected chi connectivity index (χ0v) is 22.8. The first kappa shape index (κ1) is 26.2. The van der Waals surface area contributed by atoms with E-state index in [1.165, 1.54) is 51.8 Å². The Balaban J connectivity index is 1.70. The number of carbonyl (C=O) groups is 1. The van der Waals surface area contributed by atoms with Crippen molar-refractivity contribution in [3.63, 3.8) is 0 Å². The van der Waals surface area contributed by atoms with Gasteiger partial charge in [0.05, 0.1) is 0 Å². The summed E-state index contributed by atoms with van der Waals surface area (Å²) in [6.07, 6.45) is 10.1. The van der Waals surface area contributed by atoms with Gasteiger partial charge >= 0.3 is 0 Å². The maximum absolute atomic E-state index is 12.7. The molecule has 0 aromatic heterocycles. The Hall–Kier alpha value is -2.41. The molecule has 0 radical (unpaired) electrons. The molecule has 1 nitrogen and oxygen atoms in total. The minimum absolute atomic E-state index is 0.224. The molecule has 1 heteroatoms. The topological polar surface area (TPSA) is 17.1 Å². The molecule has 0 spiro atoms. The Labute approximate surface area is 208 Å². The summed E-state index contributed by atoms with van der Waals surface area (Å²) in [4.78, 5) is 12.7. The molecule has 0 saturated heterocycles. The number of aryl methyl sites for hydroxylation is 1. The van der Waals surface area contributed by atoms with Crippen molar-refractivity contribution in [2.75, 3.05) is 0 Å². The minimum Gasteiger partial charge on any atom is -0.294 e. The van der Waals surface area contributed by atoms with E-state index < -0.39 is 0 Å². The molecule has 182 valence electrons. The Morgan fingerprint density at radius 3 is 2.06 bits per heavy atom. The molecule has 0 saturated carbocycles. The summed E-state index contributed by atoms with van der Waals surface area (Å²) in [6.45, 7) is 18.1. The SMILES string of the molecule is C/C=C\C(CCCC(=O)c1ccc(Cc2cc3c(cc2C)C(C)(C)CCC3(C)C)cc1)=C(C)C. The van der Waals surface area contributed by atoms with E-state index in [4.69, 9.17) is 0 Å². The van der Waals surface area contributed by atoms with E-state index in [-0.39, 0.29) is 16.6 Å². The predicted molar refractivity (Wildman–Crippen MR) is 147 cm³/mol. The van der Waals surface area contributed by atoms with Crippen LogP contribution in [0.25, 0.3) is 0 Å². The van der Waals surface area contributed by atoms with Gasteiger partial charge in [0.2, 0.25) is 0 Å². The van der Waals surface area contributed by atoms with Crippen molar-refractivity contribution in [2.45, 2.75) is 105 Å². The number of ketones is 1. The predicted octanol–water partition coefficient (Wildman–Crippen LogP) is 9.20. The highest BCUT2D eigenvalue weighted by molar-refractivity contribution is 5.96. The highest BCUT2D eigenvalue weighted by Gasteiger charge is 2.37. The third-order valence-electron chi connectivity index (χ3n) is 7.84. The Morgan fingerprint density at radius 1 is 0.912 bits per heavy atom. The Kier molecular flexibility index (Phi) is 8.06. The van der Waals surface area contributed by atoms with Crippen LogP contribution in [0.2, 0.25) is 0 Å². The van der Waals surface area contributed by atoms with Crippen LogP contribution in [0.15, 0.2) is 59.7 Å². The van der Waals surface area contributed by atoms with Gasteiger partial charge in [0.1, 0.15) is 0 Å². The van der Waals surface area contributed by atoms with Crippen LogP contribution in [-0.2, 0) is 17.3 Å². The summed E-state index contributed by atoms with van der Waals surface area (Å²) in [5.41, 5.74) is 11.1. The summed E-state index contributed by atoms with van der Waals surface area (Å²) in [5.74, 6) is 0.245. The van der Waals surface area contributed by atoms with Crippen molar-refractivity contribution < 1.29 is 4.79 Å². The molecule has 3 rings (SSSR count). The fraction of sp³-hybridized carbons (Fsp3) is 0.485. The van der Waals surface area contributed by atoms with E-state index in [1.54, 1.807) is 0 Å². The monoisotopic (exact) mass is 456 g/mol. The maximum atomic E-state index is 12.7. The highest BCUT2D eigenvalue weighted by atomic mass is 16.1. The van der Waals surface area contributed by atoms with Gasteiger partial charge < -0.3 is 0 Å². The molecule has 2 aromatic carbocycles. The van der Waals surface area contributed by atoms with Gasteiger partial charge in [-0.2, -0.15) is 0 Å². The van der Waals surface area contributed by atoms with Gasteiger partial charge in [-0.05, 0) is 104 Å². The van der Waals surface area contributed by atoms with Crippen molar-refractivity contribution in [1.29, 1.82) is 0 Å². The van der Waals surface area contributed by atoms with Gasteiger partial charge in [-0.15, -0.1) is 0 Å². The molecule has 2 aromatic rings. The standard InChI is InChI=1S/C33H44O/c1-9-11-26(23(2)3)12-10-13-31(34)27-16-14-25(15-17-27)21-28-22-30-29(20-24(28)4)32(5,6)18-19-33(30,7)8/h9,11,14-17,20,22H,10,12-13,18-19,21H2,1-8H3/b11-9-. The van der Waals surface area contributed by atoms with Crippen LogP contribution in [0.4, 0.5) is 0 Å². The lowest BCUT2D eigenvalue weighted by Gasteiger charge is -2.42. The zero-order valence-electron chi connectivity index (χ0n) is 22.8. The van der Waals surface area contributed by atoms with Crippen molar-refractivity contribution >= 4 is 5.78 Å². The van der Waals surface area contributed by atoms with Gasteiger partial charge in [0, 0.05) is 12.0 Å². The molecule has 0 amide bonds. The highest BCUT2D eigenvalue weighted by Crippen LogP contribution is 2.46. The van der Waals surface area contributed by atoms with E-state index >= 15 is 0 Å². The van der Waals surface area contributed by atoms with Gasteiger partial charge in [-0.1, -0.05) is 81.8 Å². The molecule has 0 N–H and O–H groups in total. The summed E-state index contributed by atoms with van der Waals surface area (Å²) >= 11 is 0. The molecule has 0 aliphatic heterocycles. The number of benzene rings is 2. The van der Waals surface area contributed by atoms with Gasteiger partial charge in [0.25, 0.3) is 0 Å². The lowest BCUT2D eigenvalue weighted by Crippen LogP contribution is -2.34. The molecule has 1 aliphatic rings. The molecule has 0 bridgehead atoms. The second-order valence-corrected chi connectivity index (χ2v) is 11.8. The molecular weight excluding hydrogens is 412 g/mol. The fourth-order valence-electron chi connectivity index (χ4n) is 5.27. The third-order valence-corrected chi connectivity index (χ3v) is 7.84. The van der Waals surface area contributed by atoms with Crippen molar-refractivity contribution in [3.05, 3.63) is 93.1 Å². The first-order valence-electron chi connectivity index (χ1n) is 13.0. The van der Waals surface area contributed by atoms with E-state index in [9.17, 15) is 4.79 Å². The van der Waals surface area contributed by atoms with Crippen LogP contribution < -0.4 is 0 Å². The van der Waals surface area contributed by atoms with Crippen LogP contribution >= 0.6 is 0 Å². The first-order valence-corrected chi connectivity index (χ1v) is 13.0. The average Bonchev–Trinajstić information content (AvgIpc) is 2.77. The third kappa shape index (κ3) is 5.98. The first-order chi connectivity index (χ1) is 15.9. The number of Topliss-reactive ketones (excluding diaryl/α,β-unsaturated/α-hetero) is 1. The lowest BCUT2D eigenvalue weighted by molar-refractivity contribution is 0.0980. The molecule has 0 atom stereocenters. The number of hydrogen-bond acceptors (Lipinski definition) is 1. The van der Waals surface area contributed by atoms with Crippen LogP contribution in [0.1, 0.15) is 119 Å². The second-order valence-electron chi connectivity index (χ2n) is 11.8. The number of hydrogen-bond donors (Lipinski definition) is 0. The Bertz CT molecular complexity index is 1090. The quantitative estimate of drug-likeness (QED) is 0.286. The van der Waals surface area contributed by atoms with Gasteiger partial charge in [-0.25, -0.2) is 0 Å². The summed E-state index contributed by atoms with van der Waals surface area (Å²) in [6, 6.07) is 13.2. The van der Waals surface area contributed by atoms with Crippen LogP contribution in [0.3, 0.4) is 0 Å². The molecule has 0 unspecified atom stereocenters. The van der Waals surface area contributed by atoms with Crippen LogP contribution in [0, 0.1) is 6.92 Å². The number of fused-ring (bicyclic) bond motifs is 1. The number of carbonyl (C=O) groups excluding carboxylic acids is 1. The summed E-state index contributed by atoms with van der Waals surface area (Å²) in [5, 5.41) is 0.